The Bertz CT molecular complexity index is 914. The molecule has 2 heterocycles. The van der Waals surface area contributed by atoms with Gasteiger partial charge in [0.25, 0.3) is 0 Å². The molecule has 0 spiro atoms. The molecule has 0 bridgehead atoms. The molecule has 0 aliphatic heterocycles. The Hall–Kier alpha value is -2.88. The molecule has 0 radical (unpaired) electrons. The highest BCUT2D eigenvalue weighted by Crippen LogP contribution is 2.41. The van der Waals surface area contributed by atoms with Crippen LogP contribution in [0.15, 0.2) is 60.7 Å². The Kier molecular flexibility index (Phi) is 2.86. The molecule has 0 amide bonds. The number of nitrogens with one attached hydrogen (secondary N) is 2. The third-order valence-corrected chi connectivity index (χ3v) is 5.06. The standard InChI is InChI=1S/C20H18N4/c1-6-12-20(13-7-1,18-21-14-8-2-3-9-15(14)22-18)19-23-16-10-4-5-11-17(16)24-19/h1-6,8-11H,7,12-13H2,(H,21,22)(H,23,24). The fourth-order valence-electron chi connectivity index (χ4n) is 3.74. The van der Waals surface area contributed by atoms with Crippen molar-refractivity contribution >= 4 is 22.1 Å². The number of H-pyrrole nitrogens is 2. The summed E-state index contributed by atoms with van der Waals surface area (Å²) in [6.45, 7) is 0. The van der Waals surface area contributed by atoms with Gasteiger partial charge in [0.05, 0.1) is 27.5 Å². The first kappa shape index (κ1) is 13.5. The lowest BCUT2D eigenvalue weighted by Crippen LogP contribution is -2.31. The van der Waals surface area contributed by atoms with Crippen molar-refractivity contribution in [3.63, 3.8) is 0 Å². The smallest absolute Gasteiger partial charge is 0.121 e. The van der Waals surface area contributed by atoms with E-state index in [0.717, 1.165) is 53.0 Å². The van der Waals surface area contributed by atoms with Crippen LogP contribution in [0.5, 0.6) is 0 Å². The van der Waals surface area contributed by atoms with Crippen LogP contribution < -0.4 is 0 Å². The molecule has 2 aromatic carbocycles. The summed E-state index contributed by atoms with van der Waals surface area (Å²) >= 11 is 0. The number of allylic oxidation sites excluding steroid dienone is 2. The third-order valence-electron chi connectivity index (χ3n) is 5.06. The summed E-state index contributed by atoms with van der Waals surface area (Å²) in [5, 5.41) is 0. The SMILES string of the molecule is C1=CCC(c2nc3ccccc3[nH]2)(c2nc3ccccc3[nH]2)CC1. The zero-order valence-electron chi connectivity index (χ0n) is 13.3. The molecule has 0 unspecified atom stereocenters. The molecule has 24 heavy (non-hydrogen) atoms. The summed E-state index contributed by atoms with van der Waals surface area (Å²) in [6, 6.07) is 16.4. The van der Waals surface area contributed by atoms with Crippen molar-refractivity contribution in [1.29, 1.82) is 0 Å². The quantitative estimate of drug-likeness (QED) is 0.536. The molecule has 0 saturated carbocycles. The van der Waals surface area contributed by atoms with E-state index in [1.165, 1.54) is 0 Å². The molecular formula is C20H18N4. The Balaban J connectivity index is 1.74. The summed E-state index contributed by atoms with van der Waals surface area (Å²) in [6.07, 6.45) is 7.46. The maximum absolute atomic E-state index is 4.91. The number of rotatable bonds is 2. The van der Waals surface area contributed by atoms with Crippen molar-refractivity contribution in [1.82, 2.24) is 19.9 Å². The van der Waals surface area contributed by atoms with Gasteiger partial charge < -0.3 is 9.97 Å². The van der Waals surface area contributed by atoms with Gasteiger partial charge in [0.2, 0.25) is 0 Å². The number of fused-ring (bicyclic) bond motifs is 2. The van der Waals surface area contributed by atoms with Crippen LogP contribution in [0.2, 0.25) is 0 Å². The minimum Gasteiger partial charge on any atom is -0.341 e. The van der Waals surface area contributed by atoms with E-state index in [-0.39, 0.29) is 5.41 Å². The van der Waals surface area contributed by atoms with Crippen LogP contribution in [0.1, 0.15) is 30.9 Å². The zero-order chi connectivity index (χ0) is 16.0. The van der Waals surface area contributed by atoms with Gasteiger partial charge in [-0.15, -0.1) is 0 Å². The van der Waals surface area contributed by atoms with Crippen molar-refractivity contribution < 1.29 is 0 Å². The Labute approximate surface area is 139 Å². The van der Waals surface area contributed by atoms with Crippen LogP contribution >= 0.6 is 0 Å². The highest BCUT2D eigenvalue weighted by atomic mass is 15.0. The van der Waals surface area contributed by atoms with Crippen LogP contribution in [0.4, 0.5) is 0 Å². The maximum Gasteiger partial charge on any atom is 0.121 e. The number of para-hydroxylation sites is 4. The monoisotopic (exact) mass is 314 g/mol. The normalized spacial score (nSPS) is 16.8. The largest absolute Gasteiger partial charge is 0.341 e. The Morgan fingerprint density at radius 3 is 1.83 bits per heavy atom. The van der Waals surface area contributed by atoms with Crippen LogP contribution in [-0.2, 0) is 5.41 Å². The number of nitrogens with zero attached hydrogens (tertiary/aromatic N) is 2. The summed E-state index contributed by atoms with van der Waals surface area (Å²) < 4.78 is 0. The highest BCUT2D eigenvalue weighted by molar-refractivity contribution is 5.77. The summed E-state index contributed by atoms with van der Waals surface area (Å²) in [5.74, 6) is 2.01. The fourth-order valence-corrected chi connectivity index (χ4v) is 3.74. The van der Waals surface area contributed by atoms with E-state index < -0.39 is 0 Å². The first-order chi connectivity index (χ1) is 11.9. The molecule has 2 N–H and O–H groups in total. The van der Waals surface area contributed by atoms with Crippen molar-refractivity contribution in [2.24, 2.45) is 0 Å². The van der Waals surface area contributed by atoms with Crippen LogP contribution in [0.25, 0.3) is 22.1 Å². The minimum atomic E-state index is -0.215. The Morgan fingerprint density at radius 1 is 0.750 bits per heavy atom. The van der Waals surface area contributed by atoms with Gasteiger partial charge in [0.1, 0.15) is 11.6 Å². The molecule has 0 saturated heterocycles. The van der Waals surface area contributed by atoms with Crippen LogP contribution in [-0.4, -0.2) is 19.9 Å². The second-order valence-corrected chi connectivity index (χ2v) is 6.50. The number of aromatic amines is 2. The lowest BCUT2D eigenvalue weighted by atomic mass is 9.75. The van der Waals surface area contributed by atoms with Crippen molar-refractivity contribution in [2.75, 3.05) is 0 Å². The summed E-state index contributed by atoms with van der Waals surface area (Å²) in [4.78, 5) is 16.9. The van der Waals surface area contributed by atoms with Gasteiger partial charge >= 0.3 is 0 Å². The van der Waals surface area contributed by atoms with Gasteiger partial charge in [-0.25, -0.2) is 9.97 Å². The fraction of sp³-hybridized carbons (Fsp3) is 0.200. The molecule has 4 aromatic rings. The van der Waals surface area contributed by atoms with E-state index in [4.69, 9.17) is 9.97 Å². The van der Waals surface area contributed by atoms with Gasteiger partial charge in [-0.3, -0.25) is 0 Å². The molecule has 2 aromatic heterocycles. The number of benzene rings is 2. The molecule has 1 aliphatic carbocycles. The van der Waals surface area contributed by atoms with Gasteiger partial charge in [-0.1, -0.05) is 36.4 Å². The molecule has 0 fully saturated rings. The van der Waals surface area contributed by atoms with Gasteiger partial charge in [-0.2, -0.15) is 0 Å². The predicted molar refractivity (Wildman–Crippen MR) is 96.0 cm³/mol. The molecule has 0 atom stereocenters. The lowest BCUT2D eigenvalue weighted by Gasteiger charge is -2.31. The van der Waals surface area contributed by atoms with E-state index in [2.05, 4.69) is 46.4 Å². The van der Waals surface area contributed by atoms with Gasteiger partial charge in [0.15, 0.2) is 0 Å². The number of imidazole rings is 2. The van der Waals surface area contributed by atoms with Gasteiger partial charge in [-0.05, 0) is 43.5 Å². The highest BCUT2D eigenvalue weighted by Gasteiger charge is 2.40. The number of hydrogen-bond donors (Lipinski definition) is 2. The van der Waals surface area contributed by atoms with E-state index >= 15 is 0 Å². The minimum absolute atomic E-state index is 0.215. The summed E-state index contributed by atoms with van der Waals surface area (Å²) in [7, 11) is 0. The predicted octanol–water partition coefficient (Wildman–Crippen LogP) is 4.47. The Morgan fingerprint density at radius 2 is 1.33 bits per heavy atom. The molecule has 1 aliphatic rings. The molecular weight excluding hydrogens is 296 g/mol. The zero-order valence-corrected chi connectivity index (χ0v) is 13.3. The lowest BCUT2D eigenvalue weighted by molar-refractivity contribution is 0.422. The van der Waals surface area contributed by atoms with Crippen molar-refractivity contribution in [3.8, 4) is 0 Å². The molecule has 4 heteroatoms. The molecule has 4 nitrogen and oxygen atoms in total. The maximum atomic E-state index is 4.91. The first-order valence-corrected chi connectivity index (χ1v) is 8.41. The number of hydrogen-bond acceptors (Lipinski definition) is 2. The van der Waals surface area contributed by atoms with Crippen LogP contribution in [0.3, 0.4) is 0 Å². The first-order valence-electron chi connectivity index (χ1n) is 8.41. The van der Waals surface area contributed by atoms with Crippen LogP contribution in [0, 0.1) is 0 Å². The van der Waals surface area contributed by atoms with Crippen molar-refractivity contribution in [2.45, 2.75) is 24.7 Å². The van der Waals surface area contributed by atoms with E-state index in [1.807, 2.05) is 24.3 Å². The second-order valence-electron chi connectivity index (χ2n) is 6.50. The van der Waals surface area contributed by atoms with E-state index in [1.54, 1.807) is 0 Å². The van der Waals surface area contributed by atoms with E-state index in [9.17, 15) is 0 Å². The average Bonchev–Trinajstić information content (AvgIpc) is 3.26. The summed E-state index contributed by atoms with van der Waals surface area (Å²) in [5.41, 5.74) is 3.97. The molecule has 5 rings (SSSR count). The van der Waals surface area contributed by atoms with Gasteiger partial charge in [0, 0.05) is 0 Å². The second kappa shape index (κ2) is 5.06. The van der Waals surface area contributed by atoms with E-state index in [0.29, 0.717) is 0 Å². The topological polar surface area (TPSA) is 57.4 Å². The average molecular weight is 314 g/mol. The number of aromatic nitrogens is 4. The molecule has 118 valence electrons. The van der Waals surface area contributed by atoms with Crippen molar-refractivity contribution in [3.05, 3.63) is 72.3 Å². The third kappa shape index (κ3) is 1.92.